The number of ether oxygens (including phenoxy) is 2. The normalized spacial score (nSPS) is 23.2. The van der Waals surface area contributed by atoms with E-state index >= 15 is 0 Å². The van der Waals surface area contributed by atoms with Crippen molar-refractivity contribution in [2.24, 2.45) is 0 Å². The Hall–Kier alpha value is -1.82. The molecule has 0 saturated carbocycles. The van der Waals surface area contributed by atoms with Crippen LogP contribution in [-0.2, 0) is 4.74 Å². The smallest absolute Gasteiger partial charge is 0.311 e. The van der Waals surface area contributed by atoms with Gasteiger partial charge in [-0.15, -0.1) is 0 Å². The van der Waals surface area contributed by atoms with Gasteiger partial charge >= 0.3 is 5.69 Å². The second kappa shape index (κ2) is 5.44. The maximum atomic E-state index is 10.9. The number of rotatable bonds is 3. The predicted molar refractivity (Wildman–Crippen MR) is 71.9 cm³/mol. The highest BCUT2D eigenvalue weighted by Gasteiger charge is 2.24. The van der Waals surface area contributed by atoms with Crippen molar-refractivity contribution in [3.63, 3.8) is 0 Å². The van der Waals surface area contributed by atoms with Crippen LogP contribution < -0.4 is 9.64 Å². The van der Waals surface area contributed by atoms with Crippen molar-refractivity contribution in [2.75, 3.05) is 25.1 Å². The molecular weight excluding hydrogens is 248 g/mol. The molecule has 1 aromatic carbocycles. The Morgan fingerprint density at radius 2 is 2.00 bits per heavy atom. The van der Waals surface area contributed by atoms with Gasteiger partial charge in [0, 0.05) is 30.9 Å². The second-order valence-corrected chi connectivity index (χ2v) is 4.78. The van der Waals surface area contributed by atoms with Crippen LogP contribution in [-0.4, -0.2) is 37.3 Å². The van der Waals surface area contributed by atoms with Gasteiger partial charge in [0.25, 0.3) is 0 Å². The average Bonchev–Trinajstić information content (AvgIpc) is 2.36. The van der Waals surface area contributed by atoms with Crippen molar-refractivity contribution in [2.45, 2.75) is 26.1 Å². The summed E-state index contributed by atoms with van der Waals surface area (Å²) in [7, 11) is 1.44. The summed E-state index contributed by atoms with van der Waals surface area (Å²) in [5.74, 6) is 0.286. The molecule has 1 fully saturated rings. The number of benzene rings is 1. The Morgan fingerprint density at radius 1 is 1.37 bits per heavy atom. The van der Waals surface area contributed by atoms with Gasteiger partial charge in [-0.1, -0.05) is 0 Å². The summed E-state index contributed by atoms with van der Waals surface area (Å²) in [5, 5.41) is 10.9. The minimum Gasteiger partial charge on any atom is -0.490 e. The molecule has 0 aromatic heterocycles. The van der Waals surface area contributed by atoms with Crippen molar-refractivity contribution in [3.8, 4) is 5.75 Å². The Bertz CT molecular complexity index is 468. The molecule has 2 rings (SSSR count). The summed E-state index contributed by atoms with van der Waals surface area (Å²) >= 11 is 0. The van der Waals surface area contributed by atoms with Gasteiger partial charge in [-0.25, -0.2) is 0 Å². The van der Waals surface area contributed by atoms with Crippen LogP contribution in [0.15, 0.2) is 18.2 Å². The molecule has 0 bridgehead atoms. The average molecular weight is 266 g/mol. The lowest BCUT2D eigenvalue weighted by atomic mass is 10.2. The predicted octanol–water partition coefficient (Wildman–Crippen LogP) is 2.22. The van der Waals surface area contributed by atoms with Crippen molar-refractivity contribution >= 4 is 11.4 Å². The lowest BCUT2D eigenvalue weighted by Gasteiger charge is -2.36. The van der Waals surface area contributed by atoms with Crippen molar-refractivity contribution in [1.29, 1.82) is 0 Å². The minimum absolute atomic E-state index is 0.0133. The first-order chi connectivity index (χ1) is 9.01. The molecule has 1 heterocycles. The molecular formula is C13H18N2O4. The van der Waals surface area contributed by atoms with Crippen molar-refractivity contribution in [1.82, 2.24) is 0 Å². The first kappa shape index (κ1) is 13.6. The lowest BCUT2D eigenvalue weighted by Crippen LogP contribution is -2.45. The fraction of sp³-hybridized carbons (Fsp3) is 0.538. The number of anilines is 1. The van der Waals surface area contributed by atoms with Crippen LogP contribution in [0.25, 0.3) is 0 Å². The Labute approximate surface area is 112 Å². The van der Waals surface area contributed by atoms with E-state index in [1.54, 1.807) is 12.1 Å². The number of morpholine rings is 1. The number of methoxy groups -OCH3 is 1. The van der Waals surface area contributed by atoms with E-state index in [1.165, 1.54) is 13.2 Å². The monoisotopic (exact) mass is 266 g/mol. The zero-order chi connectivity index (χ0) is 14.0. The summed E-state index contributed by atoms with van der Waals surface area (Å²) in [5.41, 5.74) is 0.907. The second-order valence-electron chi connectivity index (χ2n) is 4.78. The minimum atomic E-state index is -0.437. The zero-order valence-electron chi connectivity index (χ0n) is 11.3. The summed E-state index contributed by atoms with van der Waals surface area (Å²) in [6, 6.07) is 4.95. The highest BCUT2D eigenvalue weighted by molar-refractivity contribution is 5.59. The van der Waals surface area contributed by atoms with E-state index in [-0.39, 0.29) is 23.6 Å². The van der Waals surface area contributed by atoms with E-state index in [4.69, 9.17) is 9.47 Å². The fourth-order valence-corrected chi connectivity index (χ4v) is 2.40. The van der Waals surface area contributed by atoms with Gasteiger partial charge in [-0.3, -0.25) is 10.1 Å². The van der Waals surface area contributed by atoms with Gasteiger partial charge in [0.2, 0.25) is 0 Å². The maximum Gasteiger partial charge on any atom is 0.311 e. The standard InChI is InChI=1S/C13H18N2O4/c1-9-7-14(8-10(2)19-9)11-4-5-12(15(16)17)13(6-11)18-3/h4-6,9-10H,7-8H2,1-3H3/t9-,10+. The maximum absolute atomic E-state index is 10.9. The van der Waals surface area contributed by atoms with Crippen LogP contribution in [0.3, 0.4) is 0 Å². The highest BCUT2D eigenvalue weighted by atomic mass is 16.6. The van der Waals surface area contributed by atoms with Crippen LogP contribution in [0, 0.1) is 10.1 Å². The van der Waals surface area contributed by atoms with Crippen LogP contribution in [0.2, 0.25) is 0 Å². The molecule has 0 radical (unpaired) electrons. The molecule has 1 aliphatic rings. The summed E-state index contributed by atoms with van der Waals surface area (Å²) < 4.78 is 10.8. The molecule has 0 aliphatic carbocycles. The number of nitro benzene ring substituents is 1. The number of hydrogen-bond acceptors (Lipinski definition) is 5. The quantitative estimate of drug-likeness (QED) is 0.620. The molecule has 19 heavy (non-hydrogen) atoms. The molecule has 1 aliphatic heterocycles. The molecule has 6 heteroatoms. The summed E-state index contributed by atoms with van der Waals surface area (Å²) in [6.07, 6.45) is 0.287. The van der Waals surface area contributed by atoms with Crippen LogP contribution in [0.5, 0.6) is 5.75 Å². The topological polar surface area (TPSA) is 64.8 Å². The molecule has 6 nitrogen and oxygen atoms in total. The van der Waals surface area contributed by atoms with E-state index in [9.17, 15) is 10.1 Å². The van der Waals surface area contributed by atoms with Gasteiger partial charge in [0.15, 0.2) is 5.75 Å². The molecule has 0 N–H and O–H groups in total. The van der Waals surface area contributed by atoms with E-state index in [0.29, 0.717) is 0 Å². The third-order valence-electron chi connectivity index (χ3n) is 3.14. The van der Waals surface area contributed by atoms with E-state index < -0.39 is 4.92 Å². The van der Waals surface area contributed by atoms with Crippen LogP contribution in [0.1, 0.15) is 13.8 Å². The van der Waals surface area contributed by atoms with Gasteiger partial charge < -0.3 is 14.4 Å². The molecule has 0 spiro atoms. The van der Waals surface area contributed by atoms with Crippen LogP contribution in [0.4, 0.5) is 11.4 Å². The first-order valence-electron chi connectivity index (χ1n) is 6.24. The third-order valence-corrected chi connectivity index (χ3v) is 3.14. The van der Waals surface area contributed by atoms with Crippen molar-refractivity contribution < 1.29 is 14.4 Å². The number of nitro groups is 1. The van der Waals surface area contributed by atoms with E-state index in [2.05, 4.69) is 4.90 Å². The Morgan fingerprint density at radius 3 is 2.53 bits per heavy atom. The molecule has 0 amide bonds. The largest absolute Gasteiger partial charge is 0.490 e. The van der Waals surface area contributed by atoms with E-state index in [0.717, 1.165) is 18.8 Å². The first-order valence-corrected chi connectivity index (χ1v) is 6.24. The molecule has 1 aromatic rings. The van der Waals surface area contributed by atoms with Gasteiger partial charge in [-0.05, 0) is 19.9 Å². The SMILES string of the molecule is COc1cc(N2C[C@@H](C)O[C@@H](C)C2)ccc1[N+](=O)[O-]. The molecule has 0 unspecified atom stereocenters. The fourth-order valence-electron chi connectivity index (χ4n) is 2.40. The van der Waals surface area contributed by atoms with Gasteiger partial charge in [-0.2, -0.15) is 0 Å². The third kappa shape index (κ3) is 2.96. The lowest BCUT2D eigenvalue weighted by molar-refractivity contribution is -0.385. The number of nitrogens with zero attached hydrogens (tertiary/aromatic N) is 2. The Kier molecular flexibility index (Phi) is 3.90. The van der Waals surface area contributed by atoms with E-state index in [1.807, 2.05) is 13.8 Å². The van der Waals surface area contributed by atoms with Crippen LogP contribution >= 0.6 is 0 Å². The number of hydrogen-bond donors (Lipinski definition) is 0. The summed E-state index contributed by atoms with van der Waals surface area (Å²) in [4.78, 5) is 12.6. The zero-order valence-corrected chi connectivity index (χ0v) is 11.3. The highest BCUT2D eigenvalue weighted by Crippen LogP contribution is 2.32. The molecule has 1 saturated heterocycles. The van der Waals surface area contributed by atoms with Crippen molar-refractivity contribution in [3.05, 3.63) is 28.3 Å². The summed E-state index contributed by atoms with van der Waals surface area (Å²) in [6.45, 7) is 5.58. The molecule has 2 atom stereocenters. The van der Waals surface area contributed by atoms with Gasteiger partial charge in [0.1, 0.15) is 0 Å². The Balaban J connectivity index is 2.27. The van der Waals surface area contributed by atoms with Gasteiger partial charge in [0.05, 0.1) is 24.2 Å². The molecule has 104 valence electrons.